The van der Waals surface area contributed by atoms with Crippen LogP contribution in [-0.4, -0.2) is 29.5 Å². The molecule has 0 bridgehead atoms. The van der Waals surface area contributed by atoms with Gasteiger partial charge in [-0.05, 0) is 23.1 Å². The van der Waals surface area contributed by atoms with Crippen molar-refractivity contribution in [2.24, 2.45) is 5.41 Å². The first-order chi connectivity index (χ1) is 9.25. The lowest BCUT2D eigenvalue weighted by molar-refractivity contribution is -0.122. The minimum absolute atomic E-state index is 0.126. The molecule has 0 radical (unpaired) electrons. The van der Waals surface area contributed by atoms with E-state index in [4.69, 9.17) is 4.74 Å². The third kappa shape index (κ3) is 4.80. The van der Waals surface area contributed by atoms with E-state index in [2.05, 4.69) is 21.2 Å². The Labute approximate surface area is 128 Å². The van der Waals surface area contributed by atoms with E-state index >= 15 is 0 Å². The quantitative estimate of drug-likeness (QED) is 0.808. The third-order valence-corrected chi connectivity index (χ3v) is 4.73. The summed E-state index contributed by atoms with van der Waals surface area (Å²) in [5.41, 5.74) is 0.539. The number of halogens is 1. The van der Waals surface area contributed by atoms with Crippen molar-refractivity contribution in [3.8, 4) is 5.75 Å². The predicted octanol–water partition coefficient (Wildman–Crippen LogP) is 2.65. The normalized spacial score (nSPS) is 14.5. The summed E-state index contributed by atoms with van der Waals surface area (Å²) < 4.78 is 5.11. The summed E-state index contributed by atoms with van der Waals surface area (Å²) in [4.78, 5) is 11.7. The van der Waals surface area contributed by atoms with E-state index < -0.39 is 6.10 Å². The van der Waals surface area contributed by atoms with Crippen LogP contribution in [0.25, 0.3) is 0 Å². The van der Waals surface area contributed by atoms with Gasteiger partial charge in [-0.15, -0.1) is 0 Å². The van der Waals surface area contributed by atoms with Gasteiger partial charge in [0.15, 0.2) is 0 Å². The van der Waals surface area contributed by atoms with Crippen molar-refractivity contribution in [2.75, 3.05) is 13.7 Å². The van der Waals surface area contributed by atoms with E-state index in [-0.39, 0.29) is 22.7 Å². The van der Waals surface area contributed by atoms with Gasteiger partial charge in [0.1, 0.15) is 5.75 Å². The highest BCUT2D eigenvalue weighted by molar-refractivity contribution is 9.10. The van der Waals surface area contributed by atoms with Crippen molar-refractivity contribution >= 4 is 21.8 Å². The molecule has 2 atom stereocenters. The fraction of sp³-hybridized carbons (Fsp3) is 0.533. The molecule has 0 aromatic heterocycles. The summed E-state index contributed by atoms with van der Waals surface area (Å²) in [6, 6.07) is 7.17. The summed E-state index contributed by atoms with van der Waals surface area (Å²) in [5.74, 6) is 0.556. The molecule has 0 aliphatic carbocycles. The van der Waals surface area contributed by atoms with E-state index in [1.165, 1.54) is 0 Å². The van der Waals surface area contributed by atoms with Gasteiger partial charge in [0, 0.05) is 6.54 Å². The van der Waals surface area contributed by atoms with E-state index in [9.17, 15) is 9.90 Å². The topological polar surface area (TPSA) is 58.6 Å². The number of nitrogens with one attached hydrogen (secondary N) is 1. The first kappa shape index (κ1) is 17.0. The summed E-state index contributed by atoms with van der Waals surface area (Å²) in [5, 5.41) is 12.8. The number of rotatable bonds is 5. The van der Waals surface area contributed by atoms with Gasteiger partial charge in [0.05, 0.1) is 18.0 Å². The molecular weight excluding hydrogens is 322 g/mol. The molecule has 0 aliphatic rings. The number of hydrogen-bond donors (Lipinski definition) is 2. The summed E-state index contributed by atoms with van der Waals surface area (Å²) in [7, 11) is 1.58. The van der Waals surface area contributed by atoms with Gasteiger partial charge in [-0.25, -0.2) is 0 Å². The molecule has 1 aromatic rings. The Morgan fingerprint density at radius 1 is 1.45 bits per heavy atom. The van der Waals surface area contributed by atoms with Gasteiger partial charge < -0.3 is 15.2 Å². The van der Waals surface area contributed by atoms with Crippen LogP contribution in [0, 0.1) is 5.41 Å². The van der Waals surface area contributed by atoms with Crippen LogP contribution >= 0.6 is 15.9 Å². The monoisotopic (exact) mass is 343 g/mol. The van der Waals surface area contributed by atoms with Crippen molar-refractivity contribution in [2.45, 2.75) is 31.7 Å². The molecule has 0 fully saturated rings. The Kier molecular flexibility index (Phi) is 6.02. The molecule has 0 spiro atoms. The third-order valence-electron chi connectivity index (χ3n) is 2.94. The Bertz CT molecular complexity index is 457. The minimum Gasteiger partial charge on any atom is -0.497 e. The Morgan fingerprint density at radius 2 is 2.10 bits per heavy atom. The standard InChI is InChI=1S/C15H22BrNO3/c1-15(2,3)13(16)14(19)17-9-12(18)10-6-5-7-11(8-10)20-4/h5-8,12-13,18H,9H2,1-4H3,(H,17,19). The lowest BCUT2D eigenvalue weighted by Gasteiger charge is -2.25. The molecule has 4 nitrogen and oxygen atoms in total. The van der Waals surface area contributed by atoms with E-state index in [1.807, 2.05) is 32.9 Å². The molecule has 0 saturated heterocycles. The van der Waals surface area contributed by atoms with E-state index in [1.54, 1.807) is 19.2 Å². The highest BCUT2D eigenvalue weighted by Crippen LogP contribution is 2.26. The second-order valence-electron chi connectivity index (χ2n) is 5.77. The van der Waals surface area contributed by atoms with Crippen LogP contribution < -0.4 is 10.1 Å². The van der Waals surface area contributed by atoms with Crippen LogP contribution in [0.1, 0.15) is 32.4 Å². The number of ether oxygens (including phenoxy) is 1. The number of aliphatic hydroxyl groups excluding tert-OH is 1. The van der Waals surface area contributed by atoms with Crippen LogP contribution in [-0.2, 0) is 4.79 Å². The molecule has 2 unspecified atom stereocenters. The molecule has 112 valence electrons. The molecule has 5 heteroatoms. The van der Waals surface area contributed by atoms with Crippen molar-refractivity contribution in [1.82, 2.24) is 5.32 Å². The van der Waals surface area contributed by atoms with Crippen molar-refractivity contribution in [3.63, 3.8) is 0 Å². The Balaban J connectivity index is 2.59. The summed E-state index contributed by atoms with van der Waals surface area (Å²) in [6.07, 6.45) is -0.756. The van der Waals surface area contributed by atoms with Gasteiger partial charge in [0.2, 0.25) is 5.91 Å². The average Bonchev–Trinajstić information content (AvgIpc) is 2.42. The molecule has 0 heterocycles. The maximum absolute atomic E-state index is 12.0. The number of hydrogen-bond acceptors (Lipinski definition) is 3. The number of carbonyl (C=O) groups is 1. The summed E-state index contributed by atoms with van der Waals surface area (Å²) in [6.45, 7) is 6.10. The number of amides is 1. The SMILES string of the molecule is COc1cccc(C(O)CNC(=O)C(Br)C(C)(C)C)c1. The molecule has 1 amide bonds. The van der Waals surface area contributed by atoms with Gasteiger partial charge in [-0.3, -0.25) is 4.79 Å². The van der Waals surface area contributed by atoms with Gasteiger partial charge in [-0.1, -0.05) is 48.8 Å². The molecule has 20 heavy (non-hydrogen) atoms. The van der Waals surface area contributed by atoms with E-state index in [0.717, 1.165) is 0 Å². The number of methoxy groups -OCH3 is 1. The van der Waals surface area contributed by atoms with Gasteiger partial charge in [0.25, 0.3) is 0 Å². The van der Waals surface area contributed by atoms with Gasteiger partial charge in [-0.2, -0.15) is 0 Å². The lowest BCUT2D eigenvalue weighted by Crippen LogP contribution is -2.40. The van der Waals surface area contributed by atoms with Gasteiger partial charge >= 0.3 is 0 Å². The first-order valence-electron chi connectivity index (χ1n) is 6.49. The number of benzene rings is 1. The van der Waals surface area contributed by atoms with Crippen LogP contribution in [0.3, 0.4) is 0 Å². The summed E-state index contributed by atoms with van der Waals surface area (Å²) >= 11 is 3.38. The Hall–Kier alpha value is -1.07. The first-order valence-corrected chi connectivity index (χ1v) is 7.41. The minimum atomic E-state index is -0.756. The van der Waals surface area contributed by atoms with Crippen LogP contribution in [0.5, 0.6) is 5.75 Å². The zero-order chi connectivity index (χ0) is 15.3. The largest absolute Gasteiger partial charge is 0.497 e. The zero-order valence-corrected chi connectivity index (χ0v) is 13.9. The molecule has 0 saturated carbocycles. The maximum atomic E-state index is 12.0. The second kappa shape index (κ2) is 7.09. The molecular formula is C15H22BrNO3. The molecule has 2 N–H and O–H groups in total. The van der Waals surface area contributed by atoms with E-state index in [0.29, 0.717) is 11.3 Å². The maximum Gasteiger partial charge on any atom is 0.234 e. The number of alkyl halides is 1. The van der Waals surface area contributed by atoms with Crippen LogP contribution in [0.15, 0.2) is 24.3 Å². The molecule has 1 rings (SSSR count). The fourth-order valence-corrected chi connectivity index (χ4v) is 1.81. The average molecular weight is 344 g/mol. The highest BCUT2D eigenvalue weighted by atomic mass is 79.9. The fourth-order valence-electron chi connectivity index (χ4n) is 1.65. The lowest BCUT2D eigenvalue weighted by atomic mass is 9.91. The zero-order valence-electron chi connectivity index (χ0n) is 12.3. The molecule has 0 aliphatic heterocycles. The molecule has 1 aromatic carbocycles. The van der Waals surface area contributed by atoms with Crippen molar-refractivity contribution in [3.05, 3.63) is 29.8 Å². The predicted molar refractivity (Wildman–Crippen MR) is 83.1 cm³/mol. The number of carbonyl (C=O) groups excluding carboxylic acids is 1. The van der Waals surface area contributed by atoms with Crippen molar-refractivity contribution in [1.29, 1.82) is 0 Å². The van der Waals surface area contributed by atoms with Crippen LogP contribution in [0.4, 0.5) is 0 Å². The smallest absolute Gasteiger partial charge is 0.234 e. The number of aliphatic hydroxyl groups is 1. The second-order valence-corrected chi connectivity index (χ2v) is 6.68. The van der Waals surface area contributed by atoms with Crippen LogP contribution in [0.2, 0.25) is 0 Å². The highest BCUT2D eigenvalue weighted by Gasteiger charge is 2.28. The Morgan fingerprint density at radius 3 is 2.65 bits per heavy atom. The van der Waals surface area contributed by atoms with Crippen molar-refractivity contribution < 1.29 is 14.6 Å².